The van der Waals surface area contributed by atoms with Gasteiger partial charge in [0.05, 0.1) is 19.1 Å². The van der Waals surface area contributed by atoms with Crippen molar-refractivity contribution in [1.82, 2.24) is 9.78 Å². The lowest BCUT2D eigenvalue weighted by Gasteiger charge is -2.21. The number of carbonyl (C=O) groups excluding carboxylic acids is 1. The van der Waals surface area contributed by atoms with Crippen molar-refractivity contribution < 1.29 is 17.9 Å². The highest BCUT2D eigenvalue weighted by Gasteiger charge is 2.38. The zero-order chi connectivity index (χ0) is 14.8. The molecule has 0 aromatic carbocycles. The second-order valence-corrected chi connectivity index (χ2v) is 7.30. The molecule has 1 atom stereocenters. The Kier molecular flexibility index (Phi) is 4.47. The predicted octanol–water partition coefficient (Wildman–Crippen LogP) is 1.45. The largest absolute Gasteiger partial charge is 0.493 e. The number of carbonyl (C=O) groups is 1. The SMILES string of the molecule is CCCn1ncc(OC)c1C(=O)C1CCCCS1(=O)=O. The molecule has 0 N–H and O–H groups in total. The summed E-state index contributed by atoms with van der Waals surface area (Å²) >= 11 is 0. The molecule has 6 nitrogen and oxygen atoms in total. The van der Waals surface area contributed by atoms with Crippen molar-refractivity contribution in [3.05, 3.63) is 11.9 Å². The Morgan fingerprint density at radius 3 is 2.85 bits per heavy atom. The van der Waals surface area contributed by atoms with E-state index in [0.29, 0.717) is 25.1 Å². The Morgan fingerprint density at radius 2 is 2.25 bits per heavy atom. The van der Waals surface area contributed by atoms with E-state index in [0.717, 1.165) is 12.8 Å². The third kappa shape index (κ3) is 2.72. The molecule has 1 saturated heterocycles. The molecule has 0 radical (unpaired) electrons. The molecule has 0 saturated carbocycles. The lowest BCUT2D eigenvalue weighted by atomic mass is 10.1. The van der Waals surface area contributed by atoms with Crippen LogP contribution in [0.1, 0.15) is 43.1 Å². The number of methoxy groups -OCH3 is 1. The van der Waals surface area contributed by atoms with Crippen LogP contribution < -0.4 is 4.74 Å². The van der Waals surface area contributed by atoms with Crippen LogP contribution in [0.15, 0.2) is 6.20 Å². The number of aryl methyl sites for hydroxylation is 1. The molecular weight excluding hydrogens is 280 g/mol. The monoisotopic (exact) mass is 300 g/mol. The van der Waals surface area contributed by atoms with E-state index >= 15 is 0 Å². The number of nitrogens with zero attached hydrogens (tertiary/aromatic N) is 2. The average Bonchev–Trinajstić information content (AvgIpc) is 2.81. The quantitative estimate of drug-likeness (QED) is 0.769. The van der Waals surface area contributed by atoms with Crippen molar-refractivity contribution in [2.24, 2.45) is 0 Å². The van der Waals surface area contributed by atoms with Crippen molar-refractivity contribution in [3.8, 4) is 5.75 Å². The topological polar surface area (TPSA) is 78.3 Å². The van der Waals surface area contributed by atoms with Gasteiger partial charge in [0, 0.05) is 6.54 Å². The van der Waals surface area contributed by atoms with Crippen LogP contribution in [0.3, 0.4) is 0 Å². The first-order valence-corrected chi connectivity index (χ1v) is 8.58. The van der Waals surface area contributed by atoms with Crippen LogP contribution in [0.5, 0.6) is 5.75 Å². The standard InChI is InChI=1S/C13H20N2O4S/c1-3-7-15-12(10(19-2)9-14-15)13(16)11-6-4-5-8-20(11,17)18/h9,11H,3-8H2,1-2H3. The molecular formula is C13H20N2O4S. The van der Waals surface area contributed by atoms with Crippen molar-refractivity contribution >= 4 is 15.6 Å². The Hall–Kier alpha value is -1.37. The first-order valence-electron chi connectivity index (χ1n) is 6.86. The Labute approximate surface area is 119 Å². The van der Waals surface area contributed by atoms with Gasteiger partial charge in [-0.15, -0.1) is 0 Å². The predicted molar refractivity (Wildman–Crippen MR) is 74.8 cm³/mol. The number of hydrogen-bond acceptors (Lipinski definition) is 5. The number of ketones is 1. The van der Waals surface area contributed by atoms with E-state index < -0.39 is 15.1 Å². The minimum Gasteiger partial charge on any atom is -0.493 e. The highest BCUT2D eigenvalue weighted by atomic mass is 32.2. The fourth-order valence-electron chi connectivity index (χ4n) is 2.55. The molecule has 1 aromatic rings. The van der Waals surface area contributed by atoms with E-state index in [9.17, 15) is 13.2 Å². The van der Waals surface area contributed by atoms with E-state index in [1.807, 2.05) is 6.92 Å². The molecule has 0 bridgehead atoms. The number of hydrogen-bond donors (Lipinski definition) is 0. The molecule has 1 aliphatic rings. The van der Waals surface area contributed by atoms with Gasteiger partial charge >= 0.3 is 0 Å². The van der Waals surface area contributed by atoms with Crippen LogP contribution in [0.4, 0.5) is 0 Å². The lowest BCUT2D eigenvalue weighted by molar-refractivity contribution is 0.0967. The van der Waals surface area contributed by atoms with Gasteiger partial charge in [0.25, 0.3) is 0 Å². The number of ether oxygens (including phenoxy) is 1. The highest BCUT2D eigenvalue weighted by molar-refractivity contribution is 7.92. The van der Waals surface area contributed by atoms with Crippen LogP contribution in [0.2, 0.25) is 0 Å². The summed E-state index contributed by atoms with van der Waals surface area (Å²) < 4.78 is 30.9. The Bertz CT molecular complexity index is 592. The van der Waals surface area contributed by atoms with E-state index in [4.69, 9.17) is 4.74 Å². The molecule has 1 unspecified atom stereocenters. The summed E-state index contributed by atoms with van der Waals surface area (Å²) in [5.41, 5.74) is 0.282. The van der Waals surface area contributed by atoms with Crippen molar-refractivity contribution in [3.63, 3.8) is 0 Å². The summed E-state index contributed by atoms with van der Waals surface area (Å²) in [5, 5.41) is 3.17. The zero-order valence-corrected chi connectivity index (χ0v) is 12.6. The van der Waals surface area contributed by atoms with E-state index in [-0.39, 0.29) is 17.2 Å². The van der Waals surface area contributed by atoms with Gasteiger partial charge < -0.3 is 4.74 Å². The number of sulfone groups is 1. The summed E-state index contributed by atoms with van der Waals surface area (Å²) in [7, 11) is -1.89. The maximum absolute atomic E-state index is 12.6. The van der Waals surface area contributed by atoms with Crippen molar-refractivity contribution in [2.45, 2.75) is 44.4 Å². The third-order valence-corrected chi connectivity index (χ3v) is 5.74. The smallest absolute Gasteiger partial charge is 0.202 e. The maximum atomic E-state index is 12.6. The number of rotatable bonds is 5. The van der Waals surface area contributed by atoms with Crippen LogP contribution in [-0.2, 0) is 16.4 Å². The van der Waals surface area contributed by atoms with Crippen LogP contribution >= 0.6 is 0 Å². The zero-order valence-electron chi connectivity index (χ0n) is 11.8. The van der Waals surface area contributed by atoms with Gasteiger partial charge in [-0.25, -0.2) is 8.42 Å². The minimum absolute atomic E-state index is 0.0909. The first kappa shape index (κ1) is 15.0. The molecule has 1 aliphatic heterocycles. The van der Waals surface area contributed by atoms with Crippen LogP contribution in [0.25, 0.3) is 0 Å². The minimum atomic E-state index is -3.35. The molecule has 112 valence electrons. The first-order chi connectivity index (χ1) is 9.51. The molecule has 0 amide bonds. The van der Waals surface area contributed by atoms with Gasteiger partial charge in [0.2, 0.25) is 5.78 Å². The van der Waals surface area contributed by atoms with Crippen LogP contribution in [-0.4, -0.2) is 42.1 Å². The van der Waals surface area contributed by atoms with Gasteiger partial charge in [-0.2, -0.15) is 5.10 Å². The van der Waals surface area contributed by atoms with E-state index in [1.165, 1.54) is 13.3 Å². The van der Waals surface area contributed by atoms with E-state index in [1.54, 1.807) is 4.68 Å². The molecule has 0 aliphatic carbocycles. The van der Waals surface area contributed by atoms with Crippen molar-refractivity contribution in [2.75, 3.05) is 12.9 Å². The Morgan fingerprint density at radius 1 is 1.50 bits per heavy atom. The summed E-state index contributed by atoms with van der Waals surface area (Å²) in [6, 6.07) is 0. The summed E-state index contributed by atoms with van der Waals surface area (Å²) in [6.07, 6.45) is 4.07. The lowest BCUT2D eigenvalue weighted by Crippen LogP contribution is -2.36. The second-order valence-electron chi connectivity index (χ2n) is 5.00. The molecule has 2 heterocycles. The summed E-state index contributed by atoms with van der Waals surface area (Å²) in [6.45, 7) is 2.54. The molecule has 20 heavy (non-hydrogen) atoms. The summed E-state index contributed by atoms with van der Waals surface area (Å²) in [5.74, 6) is 0.0601. The number of aromatic nitrogens is 2. The summed E-state index contributed by atoms with van der Waals surface area (Å²) in [4.78, 5) is 12.6. The third-order valence-electron chi connectivity index (χ3n) is 3.57. The Balaban J connectivity index is 2.39. The molecule has 1 fully saturated rings. The van der Waals surface area contributed by atoms with Gasteiger partial charge in [0.15, 0.2) is 15.6 Å². The maximum Gasteiger partial charge on any atom is 0.202 e. The normalized spacial score (nSPS) is 21.6. The fraction of sp³-hybridized carbons (Fsp3) is 0.692. The fourth-order valence-corrected chi connectivity index (χ4v) is 4.40. The average molecular weight is 300 g/mol. The second kappa shape index (κ2) is 5.95. The van der Waals surface area contributed by atoms with Gasteiger partial charge in [0.1, 0.15) is 10.9 Å². The van der Waals surface area contributed by atoms with Gasteiger partial charge in [-0.05, 0) is 19.3 Å². The van der Waals surface area contributed by atoms with Gasteiger partial charge in [-0.3, -0.25) is 9.48 Å². The van der Waals surface area contributed by atoms with Gasteiger partial charge in [-0.1, -0.05) is 13.3 Å². The molecule has 1 aromatic heterocycles. The van der Waals surface area contributed by atoms with Crippen LogP contribution in [0, 0.1) is 0 Å². The van der Waals surface area contributed by atoms with E-state index in [2.05, 4.69) is 5.10 Å². The highest BCUT2D eigenvalue weighted by Crippen LogP contribution is 2.27. The number of Topliss-reactive ketones (excluding diaryl/α,β-unsaturated/α-hetero) is 1. The van der Waals surface area contributed by atoms with Crippen molar-refractivity contribution in [1.29, 1.82) is 0 Å². The molecule has 2 rings (SSSR count). The molecule has 7 heteroatoms. The molecule has 0 spiro atoms.